The van der Waals surface area contributed by atoms with Gasteiger partial charge in [0.1, 0.15) is 0 Å². The fourth-order valence-electron chi connectivity index (χ4n) is 4.67. The van der Waals surface area contributed by atoms with Crippen molar-refractivity contribution in [1.82, 2.24) is 15.0 Å². The minimum absolute atomic E-state index is 0. The Hall–Kier alpha value is -4.16. The molecule has 0 N–H and O–H groups in total. The number of fused-ring (bicyclic) bond motifs is 1. The largest absolute Gasteiger partial charge is 1.00 e. The average molecular weight is 502 g/mol. The Bertz CT molecular complexity index is 1720. The molecule has 3 aromatic carbocycles. The molecule has 38 heavy (non-hydrogen) atoms. The molecule has 3 aromatic heterocycles. The number of aromatic nitrogens is 3. The number of carbonyl (C=O) groups excluding carboxylic acids is 1. The molecular weight excluding hydrogens is 481 g/mol. The van der Waals surface area contributed by atoms with E-state index >= 15 is 0 Å². The number of hydrogen-bond donors (Lipinski definition) is 0. The number of aromatic carboxylic acids is 1. The molecule has 5 nitrogen and oxygen atoms in total. The summed E-state index contributed by atoms with van der Waals surface area (Å²) in [4.78, 5) is 25.2. The molecule has 6 aromatic rings. The second kappa shape index (κ2) is 11.1. The third-order valence-corrected chi connectivity index (χ3v) is 6.48. The normalized spacial score (nSPS) is 10.6. The van der Waals surface area contributed by atoms with Gasteiger partial charge in [-0.15, -0.1) is 0 Å². The smallest absolute Gasteiger partial charge is 0.545 e. The first-order valence-electron chi connectivity index (χ1n) is 11.8. The number of benzene rings is 3. The van der Waals surface area contributed by atoms with E-state index in [4.69, 9.17) is 0 Å². The van der Waals surface area contributed by atoms with E-state index in [1.165, 1.54) is 0 Å². The molecule has 176 valence electrons. The second-order valence-electron chi connectivity index (χ2n) is 8.67. The number of carboxylic acid groups (broad SMARTS) is 1. The third kappa shape index (κ3) is 4.87. The van der Waals surface area contributed by atoms with Crippen LogP contribution in [0.5, 0.6) is 0 Å². The number of pyridine rings is 3. The Kier molecular flexibility index (Phi) is 7.43. The maximum absolute atomic E-state index is 12.4. The van der Waals surface area contributed by atoms with Crippen molar-refractivity contribution >= 4 is 16.9 Å². The van der Waals surface area contributed by atoms with Crippen LogP contribution in [0.1, 0.15) is 10.4 Å². The summed E-state index contributed by atoms with van der Waals surface area (Å²) in [6.07, 6.45) is 8.72. The summed E-state index contributed by atoms with van der Waals surface area (Å²) in [7, 11) is 0. The molecule has 6 rings (SSSR count). The van der Waals surface area contributed by atoms with Gasteiger partial charge in [-0.3, -0.25) is 15.0 Å². The van der Waals surface area contributed by atoms with Crippen molar-refractivity contribution in [3.8, 4) is 44.5 Å². The van der Waals surface area contributed by atoms with Crippen LogP contribution in [-0.4, -0.2) is 20.9 Å². The molecule has 0 spiro atoms. The van der Waals surface area contributed by atoms with Crippen molar-refractivity contribution in [2.45, 2.75) is 0 Å². The van der Waals surface area contributed by atoms with E-state index < -0.39 is 5.97 Å². The summed E-state index contributed by atoms with van der Waals surface area (Å²) in [6, 6.07) is 29.4. The Morgan fingerprint density at radius 1 is 0.579 bits per heavy atom. The Morgan fingerprint density at radius 2 is 1.08 bits per heavy atom. The van der Waals surface area contributed by atoms with Crippen LogP contribution in [0.2, 0.25) is 0 Å². The monoisotopic (exact) mass is 501 g/mol. The summed E-state index contributed by atoms with van der Waals surface area (Å²) in [6.45, 7) is 0. The number of nitrogens with zero attached hydrogens (tertiary/aromatic N) is 3. The van der Waals surface area contributed by atoms with Gasteiger partial charge in [-0.2, -0.15) is 0 Å². The zero-order valence-corrected chi connectivity index (χ0v) is 22.7. The summed E-state index contributed by atoms with van der Waals surface area (Å²) in [5, 5.41) is 13.1. The summed E-state index contributed by atoms with van der Waals surface area (Å²) in [5.74, 6) is -1.26. The minimum Gasteiger partial charge on any atom is -0.545 e. The van der Waals surface area contributed by atoms with E-state index in [1.54, 1.807) is 24.8 Å². The third-order valence-electron chi connectivity index (χ3n) is 6.48. The Morgan fingerprint density at radius 3 is 1.58 bits per heavy atom. The fraction of sp³-hybridized carbons (Fsp3) is 0. The van der Waals surface area contributed by atoms with E-state index in [9.17, 15) is 9.90 Å². The first-order valence-corrected chi connectivity index (χ1v) is 11.8. The maximum atomic E-state index is 12.4. The first kappa shape index (κ1) is 25.5. The molecule has 0 unspecified atom stereocenters. The van der Waals surface area contributed by atoms with Crippen LogP contribution < -0.4 is 34.7 Å². The van der Waals surface area contributed by atoms with Crippen molar-refractivity contribution < 1.29 is 39.5 Å². The molecule has 0 fully saturated rings. The van der Waals surface area contributed by atoms with Crippen molar-refractivity contribution in [1.29, 1.82) is 0 Å². The molecule has 0 atom stereocenters. The van der Waals surface area contributed by atoms with Gasteiger partial charge in [-0.05, 0) is 68.8 Å². The number of carboxylic acids is 1. The average Bonchev–Trinajstić information content (AvgIpc) is 2.97. The molecule has 0 saturated heterocycles. The second-order valence-corrected chi connectivity index (χ2v) is 8.67. The Balaban J connectivity index is 0.00000294. The van der Waals surface area contributed by atoms with E-state index in [-0.39, 0.29) is 35.1 Å². The standard InChI is InChI=1S/C32H21N3O2.Na/c36-32(37)30-29(24-13-9-22(10-14-24)26-5-2-16-34-20-26)18-28(27-6-3-17-35-31(27)30)23-11-7-21(8-12-23)25-4-1-15-33-19-25;/h1-20H,(H,36,37);/q;+1/p-1. The first-order chi connectivity index (χ1) is 18.2. The van der Waals surface area contributed by atoms with Crippen LogP contribution in [0.15, 0.2) is 122 Å². The topological polar surface area (TPSA) is 78.8 Å². The molecule has 6 heteroatoms. The summed E-state index contributed by atoms with van der Waals surface area (Å²) < 4.78 is 0. The molecule has 0 saturated carbocycles. The molecular formula is C32H20N3NaO2. The predicted octanol–water partition coefficient (Wildman–Crippen LogP) is 3.06. The molecule has 0 radical (unpaired) electrons. The molecule has 0 bridgehead atoms. The van der Waals surface area contributed by atoms with Gasteiger partial charge in [0, 0.05) is 41.9 Å². The maximum Gasteiger partial charge on any atom is 1.00 e. The zero-order chi connectivity index (χ0) is 25.2. The quantitative estimate of drug-likeness (QED) is 0.340. The van der Waals surface area contributed by atoms with Crippen molar-refractivity contribution in [2.24, 2.45) is 0 Å². The number of carbonyl (C=O) groups is 1. The minimum atomic E-state index is -1.26. The van der Waals surface area contributed by atoms with Crippen LogP contribution in [0, 0.1) is 0 Å². The van der Waals surface area contributed by atoms with Gasteiger partial charge >= 0.3 is 29.6 Å². The van der Waals surface area contributed by atoms with E-state index in [1.807, 2.05) is 97.2 Å². The van der Waals surface area contributed by atoms with Crippen LogP contribution in [0.3, 0.4) is 0 Å². The van der Waals surface area contributed by atoms with E-state index in [0.29, 0.717) is 11.1 Å². The van der Waals surface area contributed by atoms with E-state index in [0.717, 1.165) is 44.3 Å². The van der Waals surface area contributed by atoms with Gasteiger partial charge in [-0.25, -0.2) is 0 Å². The van der Waals surface area contributed by atoms with Crippen LogP contribution in [0.4, 0.5) is 0 Å². The van der Waals surface area contributed by atoms with Gasteiger partial charge in [0.15, 0.2) is 0 Å². The number of hydrogen-bond acceptors (Lipinski definition) is 5. The van der Waals surface area contributed by atoms with Crippen LogP contribution >= 0.6 is 0 Å². The van der Waals surface area contributed by atoms with Crippen molar-refractivity contribution in [2.75, 3.05) is 0 Å². The van der Waals surface area contributed by atoms with E-state index in [2.05, 4.69) is 15.0 Å². The fourth-order valence-corrected chi connectivity index (χ4v) is 4.67. The van der Waals surface area contributed by atoms with Crippen molar-refractivity contribution in [3.05, 3.63) is 128 Å². The zero-order valence-electron chi connectivity index (χ0n) is 20.7. The predicted molar refractivity (Wildman–Crippen MR) is 143 cm³/mol. The SMILES string of the molecule is O=C([O-])c1c(-c2ccc(-c3cccnc3)cc2)cc(-c2ccc(-c3cccnc3)cc2)c2cccnc12.[Na+]. The van der Waals surface area contributed by atoms with Gasteiger partial charge in [0.25, 0.3) is 0 Å². The van der Waals surface area contributed by atoms with Gasteiger partial charge < -0.3 is 9.90 Å². The van der Waals surface area contributed by atoms with Crippen molar-refractivity contribution in [3.63, 3.8) is 0 Å². The van der Waals surface area contributed by atoms with Gasteiger partial charge in [-0.1, -0.05) is 66.7 Å². The molecule has 0 aliphatic carbocycles. The summed E-state index contributed by atoms with van der Waals surface area (Å²) in [5.41, 5.74) is 7.76. The number of rotatable bonds is 5. The Labute approximate surface area is 242 Å². The van der Waals surface area contributed by atoms with Crippen LogP contribution in [0.25, 0.3) is 55.4 Å². The molecule has 0 aliphatic heterocycles. The van der Waals surface area contributed by atoms with Gasteiger partial charge in [0.2, 0.25) is 0 Å². The summed E-state index contributed by atoms with van der Waals surface area (Å²) >= 11 is 0. The molecule has 0 aliphatic rings. The molecule has 0 amide bonds. The van der Waals surface area contributed by atoms with Crippen LogP contribution in [-0.2, 0) is 0 Å². The molecule has 3 heterocycles. The van der Waals surface area contributed by atoms with Gasteiger partial charge in [0.05, 0.1) is 11.5 Å².